The highest BCUT2D eigenvalue weighted by molar-refractivity contribution is 5.73. The van der Waals surface area contributed by atoms with Crippen LogP contribution in [0, 0.1) is 11.7 Å². The number of alkyl carbamates (subject to hydrolysis) is 1. The first-order valence-electron chi connectivity index (χ1n) is 8.62. The van der Waals surface area contributed by atoms with E-state index in [4.69, 9.17) is 9.47 Å². The first kappa shape index (κ1) is 19.2. The molecule has 0 unspecified atom stereocenters. The van der Waals surface area contributed by atoms with Gasteiger partial charge in [0.05, 0.1) is 13.0 Å². The van der Waals surface area contributed by atoms with Crippen LogP contribution in [-0.2, 0) is 20.7 Å². The van der Waals surface area contributed by atoms with Crippen molar-refractivity contribution in [1.82, 2.24) is 5.32 Å². The summed E-state index contributed by atoms with van der Waals surface area (Å²) < 4.78 is 23.3. The molecule has 1 fully saturated rings. The van der Waals surface area contributed by atoms with Crippen LogP contribution in [0.1, 0.15) is 45.6 Å². The highest BCUT2D eigenvalue weighted by Crippen LogP contribution is 2.34. The van der Waals surface area contributed by atoms with Crippen molar-refractivity contribution in [2.75, 3.05) is 6.61 Å². The van der Waals surface area contributed by atoms with E-state index in [9.17, 15) is 14.0 Å². The summed E-state index contributed by atoms with van der Waals surface area (Å²) in [5.74, 6) is -0.339. The van der Waals surface area contributed by atoms with Gasteiger partial charge in [-0.3, -0.25) is 4.79 Å². The van der Waals surface area contributed by atoms with Gasteiger partial charge < -0.3 is 14.8 Å². The third-order valence-electron chi connectivity index (χ3n) is 3.85. The van der Waals surface area contributed by atoms with Crippen LogP contribution in [0.15, 0.2) is 24.3 Å². The van der Waals surface area contributed by atoms with Crippen molar-refractivity contribution in [1.29, 1.82) is 0 Å². The summed E-state index contributed by atoms with van der Waals surface area (Å²) in [6.45, 7) is 5.61. The minimum atomic E-state index is -0.576. The van der Waals surface area contributed by atoms with Gasteiger partial charge in [-0.05, 0) is 57.2 Å². The van der Waals surface area contributed by atoms with Gasteiger partial charge in [0.15, 0.2) is 0 Å². The van der Waals surface area contributed by atoms with Crippen molar-refractivity contribution in [3.8, 4) is 0 Å². The Labute approximate surface area is 147 Å². The Morgan fingerprint density at radius 2 is 1.88 bits per heavy atom. The molecule has 1 aliphatic rings. The smallest absolute Gasteiger partial charge is 0.407 e. The number of carbonyl (C=O) groups excluding carboxylic acids is 2. The molecule has 1 saturated carbocycles. The summed E-state index contributed by atoms with van der Waals surface area (Å²) >= 11 is 0. The molecule has 1 aromatic rings. The second kappa shape index (κ2) is 8.32. The summed E-state index contributed by atoms with van der Waals surface area (Å²) in [4.78, 5) is 23.9. The average molecular weight is 351 g/mol. The zero-order chi connectivity index (χ0) is 18.4. The number of benzene rings is 1. The molecule has 6 heteroatoms. The summed E-state index contributed by atoms with van der Waals surface area (Å²) in [5.41, 5.74) is 0.327. The maximum absolute atomic E-state index is 12.8. The largest absolute Gasteiger partial charge is 0.465 e. The molecule has 1 atom stereocenters. The molecule has 1 N–H and O–H groups in total. The van der Waals surface area contributed by atoms with Gasteiger partial charge in [0.25, 0.3) is 0 Å². The second-order valence-electron chi connectivity index (χ2n) is 7.39. The van der Waals surface area contributed by atoms with Crippen LogP contribution in [-0.4, -0.2) is 30.3 Å². The molecule has 2 rings (SSSR count). The third kappa shape index (κ3) is 7.54. The predicted molar refractivity (Wildman–Crippen MR) is 91.6 cm³/mol. The highest BCUT2D eigenvalue weighted by Gasteiger charge is 2.35. The monoisotopic (exact) mass is 351 g/mol. The van der Waals surface area contributed by atoms with Gasteiger partial charge >= 0.3 is 12.1 Å². The number of nitrogens with one attached hydrogen (secondary N) is 1. The fraction of sp³-hybridized carbons (Fsp3) is 0.579. The summed E-state index contributed by atoms with van der Waals surface area (Å²) in [6.07, 6.45) is 2.13. The molecule has 0 aromatic heterocycles. The molecule has 0 radical (unpaired) electrons. The molecule has 138 valence electrons. The Morgan fingerprint density at radius 1 is 1.24 bits per heavy atom. The summed E-state index contributed by atoms with van der Waals surface area (Å²) in [7, 11) is 0. The number of esters is 1. The van der Waals surface area contributed by atoms with Crippen molar-refractivity contribution in [2.45, 2.75) is 58.1 Å². The zero-order valence-corrected chi connectivity index (χ0v) is 15.0. The van der Waals surface area contributed by atoms with Crippen LogP contribution >= 0.6 is 0 Å². The molecule has 1 aliphatic carbocycles. The van der Waals surface area contributed by atoms with Gasteiger partial charge in [-0.15, -0.1) is 0 Å². The molecular weight excluding hydrogens is 325 g/mol. The van der Waals surface area contributed by atoms with Gasteiger partial charge in [-0.2, -0.15) is 0 Å². The van der Waals surface area contributed by atoms with Crippen molar-refractivity contribution in [3.63, 3.8) is 0 Å². The van der Waals surface area contributed by atoms with Crippen molar-refractivity contribution in [2.24, 2.45) is 5.92 Å². The quantitative estimate of drug-likeness (QED) is 0.762. The molecule has 0 spiro atoms. The lowest BCUT2D eigenvalue weighted by molar-refractivity contribution is -0.144. The fourth-order valence-corrected chi connectivity index (χ4v) is 2.47. The number of rotatable bonds is 7. The van der Waals surface area contributed by atoms with E-state index in [1.165, 1.54) is 12.1 Å². The van der Waals surface area contributed by atoms with Gasteiger partial charge in [-0.1, -0.05) is 12.1 Å². The van der Waals surface area contributed by atoms with Crippen LogP contribution in [0.25, 0.3) is 0 Å². The van der Waals surface area contributed by atoms with Crippen molar-refractivity contribution >= 4 is 12.1 Å². The standard InChI is InChI=1S/C19H26FNO4/c1-19(2,3)25-18(23)21-16(14-6-7-14)12-17(22)24-11-10-13-4-8-15(20)9-5-13/h4-5,8-9,14,16H,6-7,10-12H2,1-3H3,(H,21,23)/t16-/m0/s1. The van der Waals surface area contributed by atoms with Crippen LogP contribution in [0.2, 0.25) is 0 Å². The van der Waals surface area contributed by atoms with Gasteiger partial charge in [0.2, 0.25) is 0 Å². The number of ether oxygens (including phenoxy) is 2. The Balaban J connectivity index is 1.74. The molecule has 0 saturated heterocycles. The Bertz CT molecular complexity index is 590. The number of amides is 1. The minimum absolute atomic E-state index is 0.132. The molecule has 25 heavy (non-hydrogen) atoms. The normalized spacial score (nSPS) is 15.4. The molecule has 0 heterocycles. The summed E-state index contributed by atoms with van der Waals surface area (Å²) in [5, 5.41) is 2.78. The lowest BCUT2D eigenvalue weighted by atomic mass is 10.1. The van der Waals surface area contributed by atoms with Crippen LogP contribution in [0.5, 0.6) is 0 Å². The summed E-state index contributed by atoms with van der Waals surface area (Å²) in [6, 6.07) is 5.84. The predicted octanol–water partition coefficient (Wildman–Crippen LogP) is 3.60. The van der Waals surface area contributed by atoms with E-state index in [1.54, 1.807) is 32.9 Å². The molecule has 1 amide bonds. The van der Waals surface area contributed by atoms with E-state index < -0.39 is 11.7 Å². The van der Waals surface area contributed by atoms with Gasteiger partial charge in [0.1, 0.15) is 11.4 Å². The molecule has 0 aliphatic heterocycles. The van der Waals surface area contributed by atoms with Crippen molar-refractivity contribution in [3.05, 3.63) is 35.6 Å². The van der Waals surface area contributed by atoms with Crippen LogP contribution in [0.3, 0.4) is 0 Å². The zero-order valence-electron chi connectivity index (χ0n) is 15.0. The molecule has 1 aromatic carbocycles. The average Bonchev–Trinajstić information content (AvgIpc) is 3.31. The number of hydrogen-bond acceptors (Lipinski definition) is 4. The molecule has 5 nitrogen and oxygen atoms in total. The topological polar surface area (TPSA) is 64.6 Å². The minimum Gasteiger partial charge on any atom is -0.465 e. The SMILES string of the molecule is CC(C)(C)OC(=O)N[C@@H](CC(=O)OCCc1ccc(F)cc1)C1CC1. The van der Waals surface area contributed by atoms with Gasteiger partial charge in [-0.25, -0.2) is 9.18 Å². The highest BCUT2D eigenvalue weighted by atomic mass is 19.1. The Kier molecular flexibility index (Phi) is 6.39. The van der Waals surface area contributed by atoms with E-state index in [2.05, 4.69) is 5.32 Å². The fourth-order valence-electron chi connectivity index (χ4n) is 2.47. The lowest BCUT2D eigenvalue weighted by Gasteiger charge is -2.23. The maximum atomic E-state index is 12.8. The number of hydrogen-bond donors (Lipinski definition) is 1. The number of carbonyl (C=O) groups is 2. The first-order valence-corrected chi connectivity index (χ1v) is 8.62. The third-order valence-corrected chi connectivity index (χ3v) is 3.85. The van der Waals surface area contributed by atoms with Crippen LogP contribution < -0.4 is 5.32 Å². The van der Waals surface area contributed by atoms with E-state index in [-0.39, 0.29) is 30.9 Å². The van der Waals surface area contributed by atoms with Gasteiger partial charge in [0, 0.05) is 12.5 Å². The number of halogens is 1. The first-order chi connectivity index (χ1) is 11.7. The van der Waals surface area contributed by atoms with E-state index >= 15 is 0 Å². The molecule has 0 bridgehead atoms. The van der Waals surface area contributed by atoms with E-state index in [0.717, 1.165) is 18.4 Å². The molecular formula is C19H26FNO4. The Hall–Kier alpha value is -2.11. The lowest BCUT2D eigenvalue weighted by Crippen LogP contribution is -2.41. The van der Waals surface area contributed by atoms with Crippen molar-refractivity contribution < 1.29 is 23.5 Å². The maximum Gasteiger partial charge on any atom is 0.407 e. The van der Waals surface area contributed by atoms with Crippen LogP contribution in [0.4, 0.5) is 9.18 Å². The Morgan fingerprint density at radius 3 is 2.44 bits per heavy atom. The van der Waals surface area contributed by atoms with E-state index in [0.29, 0.717) is 12.3 Å². The van der Waals surface area contributed by atoms with E-state index in [1.807, 2.05) is 0 Å². The second-order valence-corrected chi connectivity index (χ2v) is 7.39.